The molecule has 0 saturated carbocycles. The van der Waals surface area contributed by atoms with Crippen LogP contribution in [-0.4, -0.2) is 28.0 Å². The van der Waals surface area contributed by atoms with Gasteiger partial charge in [0.25, 0.3) is 0 Å². The van der Waals surface area contributed by atoms with E-state index in [1.807, 2.05) is 11.4 Å². The van der Waals surface area contributed by atoms with E-state index in [1.54, 1.807) is 11.6 Å². The standard InChI is InChI=1S/C20H22F2N6S2/c21-15-3-4-16(22)14(10-28-7-1-2-8-28)13(15)9-24-18-6-5-17(20(23)26-18)30-27-19-11-29-12-25-19/h3-6,11-12,27H,1-2,7-10H2,(H3,23,24,26). The van der Waals surface area contributed by atoms with Gasteiger partial charge in [-0.25, -0.2) is 18.7 Å². The molecule has 1 aromatic carbocycles. The smallest absolute Gasteiger partial charge is 0.147 e. The Bertz CT molecular complexity index is 993. The Morgan fingerprint density at radius 2 is 1.83 bits per heavy atom. The van der Waals surface area contributed by atoms with Crippen molar-refractivity contribution in [2.75, 3.05) is 28.9 Å². The largest absolute Gasteiger partial charge is 0.383 e. The molecule has 0 radical (unpaired) electrons. The number of aromatic nitrogens is 2. The SMILES string of the molecule is Nc1nc(NCc2c(F)ccc(F)c2CN2CCCC2)ccc1SNc1cscn1. The van der Waals surface area contributed by atoms with Crippen molar-refractivity contribution in [3.63, 3.8) is 0 Å². The van der Waals surface area contributed by atoms with E-state index in [9.17, 15) is 8.78 Å². The van der Waals surface area contributed by atoms with Crippen molar-refractivity contribution in [2.45, 2.75) is 30.8 Å². The molecule has 0 atom stereocenters. The lowest BCUT2D eigenvalue weighted by atomic mass is 10.1. The number of hydrogen-bond donors (Lipinski definition) is 3. The average Bonchev–Trinajstić information content (AvgIpc) is 3.44. The Labute approximate surface area is 182 Å². The van der Waals surface area contributed by atoms with E-state index < -0.39 is 5.82 Å². The van der Waals surface area contributed by atoms with Gasteiger partial charge in [0, 0.05) is 29.6 Å². The first-order valence-electron chi connectivity index (χ1n) is 9.59. The minimum atomic E-state index is -0.425. The number of nitrogens with one attached hydrogen (secondary N) is 2. The number of nitrogens with zero attached hydrogens (tertiary/aromatic N) is 3. The van der Waals surface area contributed by atoms with Crippen LogP contribution in [0.5, 0.6) is 0 Å². The van der Waals surface area contributed by atoms with Crippen LogP contribution in [0, 0.1) is 11.6 Å². The van der Waals surface area contributed by atoms with Gasteiger partial charge in [-0.2, -0.15) is 0 Å². The fourth-order valence-corrected chi connectivity index (χ4v) is 4.53. The number of rotatable bonds is 8. The number of pyridine rings is 1. The van der Waals surface area contributed by atoms with Crippen molar-refractivity contribution in [2.24, 2.45) is 0 Å². The molecule has 30 heavy (non-hydrogen) atoms. The predicted octanol–water partition coefficient (Wildman–Crippen LogP) is 4.73. The van der Waals surface area contributed by atoms with Crippen molar-refractivity contribution in [3.8, 4) is 0 Å². The van der Waals surface area contributed by atoms with Gasteiger partial charge >= 0.3 is 0 Å². The van der Waals surface area contributed by atoms with E-state index in [2.05, 4.69) is 24.9 Å². The number of benzene rings is 1. The van der Waals surface area contributed by atoms with Crippen LogP contribution in [0.1, 0.15) is 24.0 Å². The molecule has 0 spiro atoms. The quantitative estimate of drug-likeness (QED) is 0.430. The molecule has 2 aromatic heterocycles. The highest BCUT2D eigenvalue weighted by atomic mass is 32.2. The lowest BCUT2D eigenvalue weighted by Gasteiger charge is -2.19. The molecular formula is C20H22F2N6S2. The third-order valence-corrected chi connectivity index (χ3v) is 6.39. The van der Waals surface area contributed by atoms with Crippen molar-refractivity contribution in [3.05, 3.63) is 57.9 Å². The second-order valence-corrected chi connectivity index (χ2v) is 8.55. The molecule has 6 nitrogen and oxygen atoms in total. The number of halogens is 2. The van der Waals surface area contributed by atoms with E-state index in [1.165, 1.54) is 35.4 Å². The number of nitrogen functional groups attached to an aromatic ring is 1. The van der Waals surface area contributed by atoms with Gasteiger partial charge in [0.2, 0.25) is 0 Å². The van der Waals surface area contributed by atoms with Crippen molar-refractivity contribution in [1.29, 1.82) is 0 Å². The second-order valence-electron chi connectivity index (χ2n) is 6.98. The molecule has 1 aliphatic heterocycles. The van der Waals surface area contributed by atoms with Crippen LogP contribution in [0.3, 0.4) is 0 Å². The molecule has 0 bridgehead atoms. The molecule has 1 aliphatic rings. The van der Waals surface area contributed by atoms with Crippen molar-refractivity contribution < 1.29 is 8.78 Å². The summed E-state index contributed by atoms with van der Waals surface area (Å²) in [6.07, 6.45) is 2.19. The monoisotopic (exact) mass is 448 g/mol. The summed E-state index contributed by atoms with van der Waals surface area (Å²) in [7, 11) is 0. The minimum Gasteiger partial charge on any atom is -0.383 e. The van der Waals surface area contributed by atoms with Gasteiger partial charge in [-0.05, 0) is 62.1 Å². The lowest BCUT2D eigenvalue weighted by molar-refractivity contribution is 0.323. The maximum absolute atomic E-state index is 14.5. The van der Waals surface area contributed by atoms with Gasteiger partial charge in [-0.1, -0.05) is 0 Å². The molecule has 3 heterocycles. The minimum absolute atomic E-state index is 0.128. The molecule has 3 aromatic rings. The van der Waals surface area contributed by atoms with Gasteiger partial charge in [-0.3, -0.25) is 4.90 Å². The molecule has 0 amide bonds. The summed E-state index contributed by atoms with van der Waals surface area (Å²) in [5.41, 5.74) is 8.51. The van der Waals surface area contributed by atoms with Gasteiger partial charge in [0.15, 0.2) is 0 Å². The molecule has 4 N–H and O–H groups in total. The first kappa shape index (κ1) is 20.8. The fraction of sp³-hybridized carbons (Fsp3) is 0.300. The van der Waals surface area contributed by atoms with Crippen LogP contribution in [0.2, 0.25) is 0 Å². The van der Waals surface area contributed by atoms with Gasteiger partial charge < -0.3 is 15.8 Å². The van der Waals surface area contributed by atoms with Crippen LogP contribution >= 0.6 is 23.3 Å². The number of nitrogens with two attached hydrogens (primary N) is 1. The Kier molecular flexibility index (Phi) is 6.66. The summed E-state index contributed by atoms with van der Waals surface area (Å²) >= 11 is 2.81. The van der Waals surface area contributed by atoms with Crippen LogP contribution < -0.4 is 15.8 Å². The second kappa shape index (κ2) is 9.59. The highest BCUT2D eigenvalue weighted by molar-refractivity contribution is 8.00. The summed E-state index contributed by atoms with van der Waals surface area (Å²) in [6.45, 7) is 2.36. The van der Waals surface area contributed by atoms with Gasteiger partial charge in [-0.15, -0.1) is 11.3 Å². The molecule has 158 valence electrons. The van der Waals surface area contributed by atoms with E-state index in [0.717, 1.165) is 36.6 Å². The van der Waals surface area contributed by atoms with E-state index in [4.69, 9.17) is 5.73 Å². The van der Waals surface area contributed by atoms with E-state index >= 15 is 0 Å². The summed E-state index contributed by atoms with van der Waals surface area (Å²) in [5, 5.41) is 4.96. The Morgan fingerprint density at radius 1 is 1.07 bits per heavy atom. The molecule has 1 fully saturated rings. The third kappa shape index (κ3) is 5.00. The zero-order valence-corrected chi connectivity index (χ0v) is 17.8. The molecule has 4 rings (SSSR count). The normalized spacial score (nSPS) is 14.2. The lowest BCUT2D eigenvalue weighted by Crippen LogP contribution is -2.21. The summed E-state index contributed by atoms with van der Waals surface area (Å²) in [5.74, 6) is 0.780. The first-order valence-corrected chi connectivity index (χ1v) is 11.4. The number of hydrogen-bond acceptors (Lipinski definition) is 8. The fourth-order valence-electron chi connectivity index (χ4n) is 3.36. The van der Waals surface area contributed by atoms with Crippen LogP contribution in [0.25, 0.3) is 0 Å². The Balaban J connectivity index is 1.44. The number of likely N-dealkylation sites (tertiary alicyclic amines) is 1. The highest BCUT2D eigenvalue weighted by Crippen LogP contribution is 2.27. The first-order chi connectivity index (χ1) is 14.6. The molecule has 0 aliphatic carbocycles. The zero-order chi connectivity index (χ0) is 20.9. The molecular weight excluding hydrogens is 426 g/mol. The summed E-state index contributed by atoms with van der Waals surface area (Å²) in [6, 6.07) is 5.95. The molecule has 1 saturated heterocycles. The Hall–Kier alpha value is -2.43. The van der Waals surface area contributed by atoms with E-state index in [0.29, 0.717) is 29.3 Å². The van der Waals surface area contributed by atoms with Crippen LogP contribution in [0.4, 0.5) is 26.2 Å². The topological polar surface area (TPSA) is 79.1 Å². The maximum atomic E-state index is 14.5. The number of thiazole rings is 1. The predicted molar refractivity (Wildman–Crippen MR) is 118 cm³/mol. The van der Waals surface area contributed by atoms with Gasteiger partial charge in [0.1, 0.15) is 29.1 Å². The summed E-state index contributed by atoms with van der Waals surface area (Å²) in [4.78, 5) is 11.4. The van der Waals surface area contributed by atoms with Crippen LogP contribution in [0.15, 0.2) is 40.1 Å². The van der Waals surface area contributed by atoms with E-state index in [-0.39, 0.29) is 12.4 Å². The van der Waals surface area contributed by atoms with Crippen molar-refractivity contribution in [1.82, 2.24) is 14.9 Å². The van der Waals surface area contributed by atoms with Crippen molar-refractivity contribution >= 4 is 40.7 Å². The zero-order valence-electron chi connectivity index (χ0n) is 16.2. The molecule has 0 unspecified atom stereocenters. The Morgan fingerprint density at radius 3 is 2.53 bits per heavy atom. The maximum Gasteiger partial charge on any atom is 0.147 e. The summed E-state index contributed by atoms with van der Waals surface area (Å²) < 4.78 is 32.0. The highest BCUT2D eigenvalue weighted by Gasteiger charge is 2.19. The third-order valence-electron chi connectivity index (χ3n) is 4.93. The number of anilines is 3. The van der Waals surface area contributed by atoms with Gasteiger partial charge in [0.05, 0.1) is 10.4 Å². The molecule has 10 heteroatoms. The average molecular weight is 449 g/mol. The van der Waals surface area contributed by atoms with Crippen LogP contribution in [-0.2, 0) is 13.1 Å².